The number of nitrogens with two attached hydrogens (primary N) is 1. The molecule has 0 radical (unpaired) electrons. The van der Waals surface area contributed by atoms with E-state index >= 15 is 0 Å². The van der Waals surface area contributed by atoms with Gasteiger partial charge in [-0.05, 0) is 31.7 Å². The number of carbonyl (C=O) groups excluding carboxylic acids is 1. The number of para-hydroxylation sites is 1. The molecule has 3 N–H and O–H groups in total. The molecular weight excluding hydrogens is 288 g/mol. The van der Waals surface area contributed by atoms with Gasteiger partial charge in [-0.1, -0.05) is 25.1 Å². The van der Waals surface area contributed by atoms with Crippen LogP contribution in [0.1, 0.15) is 32.3 Å². The Morgan fingerprint density at radius 1 is 1.38 bits per heavy atom. The van der Waals surface area contributed by atoms with Gasteiger partial charge in [0.2, 0.25) is 5.91 Å². The van der Waals surface area contributed by atoms with Gasteiger partial charge in [-0.25, -0.2) is 0 Å². The standard InChI is InChI=1S/C16H24N2O2.ClH/c1-11(12(2)17)16(19)18-9-14-5-3-4-6-15(14)20-10-13-7-8-13;/h3-6,11-13H,7-10,17H2,1-2H3,(H,18,19);1H. The maximum Gasteiger partial charge on any atom is 0.224 e. The zero-order valence-electron chi connectivity index (χ0n) is 12.7. The molecule has 0 spiro atoms. The van der Waals surface area contributed by atoms with Gasteiger partial charge < -0.3 is 15.8 Å². The molecule has 2 atom stereocenters. The Morgan fingerprint density at radius 2 is 2.05 bits per heavy atom. The van der Waals surface area contributed by atoms with Crippen LogP contribution in [0.15, 0.2) is 24.3 Å². The summed E-state index contributed by atoms with van der Waals surface area (Å²) in [5.41, 5.74) is 6.75. The summed E-state index contributed by atoms with van der Waals surface area (Å²) in [6.45, 7) is 4.95. The Bertz CT molecular complexity index is 461. The molecule has 0 aliphatic heterocycles. The van der Waals surface area contributed by atoms with Crippen molar-refractivity contribution in [3.63, 3.8) is 0 Å². The lowest BCUT2D eigenvalue weighted by atomic mass is 10.0. The summed E-state index contributed by atoms with van der Waals surface area (Å²) in [6.07, 6.45) is 2.54. The van der Waals surface area contributed by atoms with Gasteiger partial charge in [-0.15, -0.1) is 12.4 Å². The van der Waals surface area contributed by atoms with E-state index in [0.717, 1.165) is 23.8 Å². The van der Waals surface area contributed by atoms with Crippen LogP contribution in [0.3, 0.4) is 0 Å². The van der Waals surface area contributed by atoms with E-state index in [2.05, 4.69) is 5.32 Å². The van der Waals surface area contributed by atoms with Crippen molar-refractivity contribution in [1.29, 1.82) is 0 Å². The number of ether oxygens (including phenoxy) is 1. The molecule has 1 aromatic rings. The number of benzene rings is 1. The van der Waals surface area contributed by atoms with Crippen LogP contribution in [0.25, 0.3) is 0 Å². The lowest BCUT2D eigenvalue weighted by Crippen LogP contribution is -2.38. The summed E-state index contributed by atoms with van der Waals surface area (Å²) in [6, 6.07) is 7.72. The highest BCUT2D eigenvalue weighted by atomic mass is 35.5. The van der Waals surface area contributed by atoms with E-state index in [9.17, 15) is 4.79 Å². The molecule has 0 saturated heterocycles. The zero-order valence-corrected chi connectivity index (χ0v) is 13.5. The Labute approximate surface area is 132 Å². The van der Waals surface area contributed by atoms with Crippen LogP contribution in [0.2, 0.25) is 0 Å². The molecule has 4 nitrogen and oxygen atoms in total. The number of amides is 1. The highest BCUT2D eigenvalue weighted by molar-refractivity contribution is 5.85. The summed E-state index contributed by atoms with van der Waals surface area (Å²) in [7, 11) is 0. The van der Waals surface area contributed by atoms with Crippen LogP contribution in [0, 0.1) is 11.8 Å². The summed E-state index contributed by atoms with van der Waals surface area (Å²) in [4.78, 5) is 11.9. The SMILES string of the molecule is CC(N)C(C)C(=O)NCc1ccccc1OCC1CC1.Cl. The lowest BCUT2D eigenvalue weighted by molar-refractivity contribution is -0.125. The molecule has 0 aromatic heterocycles. The number of hydrogen-bond acceptors (Lipinski definition) is 3. The topological polar surface area (TPSA) is 64.4 Å². The van der Waals surface area contributed by atoms with E-state index in [1.54, 1.807) is 0 Å². The molecule has 1 fully saturated rings. The van der Waals surface area contributed by atoms with E-state index in [1.165, 1.54) is 12.8 Å². The first kappa shape index (κ1) is 17.8. The molecule has 2 rings (SSSR count). The third kappa shape index (κ3) is 5.56. The highest BCUT2D eigenvalue weighted by Crippen LogP contribution is 2.30. The first-order chi connectivity index (χ1) is 9.58. The van der Waals surface area contributed by atoms with Crippen molar-refractivity contribution in [2.75, 3.05) is 6.61 Å². The van der Waals surface area contributed by atoms with Gasteiger partial charge in [-0.2, -0.15) is 0 Å². The summed E-state index contributed by atoms with van der Waals surface area (Å²) in [5, 5.41) is 2.92. The predicted octanol–water partition coefficient (Wildman–Crippen LogP) is 2.50. The molecule has 1 aromatic carbocycles. The van der Waals surface area contributed by atoms with Crippen molar-refractivity contribution < 1.29 is 9.53 Å². The number of halogens is 1. The van der Waals surface area contributed by atoms with Crippen LogP contribution >= 0.6 is 12.4 Å². The summed E-state index contributed by atoms with van der Waals surface area (Å²) in [5.74, 6) is 1.38. The zero-order chi connectivity index (χ0) is 14.5. The van der Waals surface area contributed by atoms with Crippen molar-refractivity contribution >= 4 is 18.3 Å². The third-order valence-corrected chi connectivity index (χ3v) is 3.80. The van der Waals surface area contributed by atoms with Crippen molar-refractivity contribution in [2.45, 2.75) is 39.3 Å². The number of rotatable bonds is 7. The second-order valence-corrected chi connectivity index (χ2v) is 5.73. The van der Waals surface area contributed by atoms with Gasteiger partial charge in [0.25, 0.3) is 0 Å². The molecule has 1 aliphatic carbocycles. The van der Waals surface area contributed by atoms with Crippen LogP contribution in [-0.2, 0) is 11.3 Å². The minimum absolute atomic E-state index is 0. The smallest absolute Gasteiger partial charge is 0.224 e. The molecule has 0 heterocycles. The van der Waals surface area contributed by atoms with E-state index in [-0.39, 0.29) is 30.3 Å². The second kappa shape index (κ2) is 8.25. The van der Waals surface area contributed by atoms with Gasteiger partial charge in [0, 0.05) is 24.1 Å². The first-order valence-corrected chi connectivity index (χ1v) is 7.32. The average molecular weight is 313 g/mol. The second-order valence-electron chi connectivity index (χ2n) is 5.73. The highest BCUT2D eigenvalue weighted by Gasteiger charge is 2.22. The van der Waals surface area contributed by atoms with E-state index in [0.29, 0.717) is 6.54 Å². The molecule has 5 heteroatoms. The summed E-state index contributed by atoms with van der Waals surface area (Å²) < 4.78 is 5.83. The van der Waals surface area contributed by atoms with Crippen molar-refractivity contribution in [2.24, 2.45) is 17.6 Å². The molecule has 118 valence electrons. The van der Waals surface area contributed by atoms with E-state index in [1.807, 2.05) is 38.1 Å². The third-order valence-electron chi connectivity index (χ3n) is 3.80. The van der Waals surface area contributed by atoms with Crippen LogP contribution in [0.5, 0.6) is 5.75 Å². The Hall–Kier alpha value is -1.26. The molecule has 1 amide bonds. The quantitative estimate of drug-likeness (QED) is 0.813. The number of hydrogen-bond donors (Lipinski definition) is 2. The lowest BCUT2D eigenvalue weighted by Gasteiger charge is -2.16. The fourth-order valence-corrected chi connectivity index (χ4v) is 1.86. The maximum atomic E-state index is 11.9. The van der Waals surface area contributed by atoms with Gasteiger partial charge in [0.05, 0.1) is 6.61 Å². The van der Waals surface area contributed by atoms with Crippen molar-refractivity contribution in [1.82, 2.24) is 5.32 Å². The Balaban J connectivity index is 0.00000220. The largest absolute Gasteiger partial charge is 0.493 e. The van der Waals surface area contributed by atoms with Gasteiger partial charge >= 0.3 is 0 Å². The number of nitrogens with one attached hydrogen (secondary N) is 1. The minimum atomic E-state index is -0.186. The molecule has 1 saturated carbocycles. The summed E-state index contributed by atoms with van der Waals surface area (Å²) >= 11 is 0. The van der Waals surface area contributed by atoms with Gasteiger partial charge in [0.1, 0.15) is 5.75 Å². The minimum Gasteiger partial charge on any atom is -0.493 e. The van der Waals surface area contributed by atoms with Crippen molar-refractivity contribution in [3.8, 4) is 5.75 Å². The van der Waals surface area contributed by atoms with Crippen molar-refractivity contribution in [3.05, 3.63) is 29.8 Å². The molecule has 21 heavy (non-hydrogen) atoms. The molecule has 1 aliphatic rings. The Morgan fingerprint density at radius 3 is 2.67 bits per heavy atom. The van der Waals surface area contributed by atoms with E-state index < -0.39 is 0 Å². The van der Waals surface area contributed by atoms with Gasteiger partial charge in [-0.3, -0.25) is 4.79 Å². The maximum absolute atomic E-state index is 11.9. The molecule has 2 unspecified atom stereocenters. The number of carbonyl (C=O) groups is 1. The fraction of sp³-hybridized carbons (Fsp3) is 0.562. The average Bonchev–Trinajstić information content (AvgIpc) is 3.26. The monoisotopic (exact) mass is 312 g/mol. The van der Waals surface area contributed by atoms with Crippen LogP contribution < -0.4 is 15.8 Å². The normalized spacial score (nSPS) is 16.5. The van der Waals surface area contributed by atoms with Crippen LogP contribution in [0.4, 0.5) is 0 Å². The fourth-order valence-electron chi connectivity index (χ4n) is 1.86. The molecular formula is C16H25ClN2O2. The molecule has 0 bridgehead atoms. The predicted molar refractivity (Wildman–Crippen MR) is 86.6 cm³/mol. The van der Waals surface area contributed by atoms with E-state index in [4.69, 9.17) is 10.5 Å². The van der Waals surface area contributed by atoms with Gasteiger partial charge in [0.15, 0.2) is 0 Å². The Kier molecular flexibility index (Phi) is 6.99. The first-order valence-electron chi connectivity index (χ1n) is 7.32. The van der Waals surface area contributed by atoms with Crippen LogP contribution in [-0.4, -0.2) is 18.6 Å².